The number of likely N-dealkylation sites (N-methyl/N-ethyl adjacent to an activating group) is 1. The first-order chi connectivity index (χ1) is 10.5. The van der Waals surface area contributed by atoms with Gasteiger partial charge in [0, 0.05) is 31.2 Å². The van der Waals surface area contributed by atoms with Gasteiger partial charge in [-0.05, 0) is 18.6 Å². The van der Waals surface area contributed by atoms with Gasteiger partial charge in [0.1, 0.15) is 11.7 Å². The van der Waals surface area contributed by atoms with E-state index in [1.807, 2.05) is 0 Å². The number of carbonyl (C=O) groups is 2. The van der Waals surface area contributed by atoms with Crippen LogP contribution < -0.4 is 16.0 Å². The lowest BCUT2D eigenvalue weighted by Gasteiger charge is -2.08. The van der Waals surface area contributed by atoms with Gasteiger partial charge in [0.25, 0.3) is 0 Å². The van der Waals surface area contributed by atoms with E-state index in [4.69, 9.17) is 11.6 Å². The van der Waals surface area contributed by atoms with Crippen LogP contribution in [0.15, 0.2) is 24.5 Å². The maximum absolute atomic E-state index is 11.9. The van der Waals surface area contributed by atoms with Crippen LogP contribution in [0.3, 0.4) is 0 Å². The third kappa shape index (κ3) is 4.19. The lowest BCUT2D eigenvalue weighted by Crippen LogP contribution is -2.24. The zero-order valence-electron chi connectivity index (χ0n) is 12.1. The van der Waals surface area contributed by atoms with E-state index >= 15 is 0 Å². The molecule has 2 aromatic rings. The summed E-state index contributed by atoms with van der Waals surface area (Å²) in [4.78, 5) is 27.1. The molecule has 2 rings (SSSR count). The number of nitrogens with zero attached hydrogens (tertiary/aromatic N) is 3. The van der Waals surface area contributed by atoms with E-state index in [1.54, 1.807) is 38.5 Å². The second-order valence-corrected chi connectivity index (χ2v) is 4.86. The van der Waals surface area contributed by atoms with Crippen molar-refractivity contribution in [1.29, 1.82) is 0 Å². The van der Waals surface area contributed by atoms with Crippen LogP contribution in [0.5, 0.6) is 0 Å². The number of rotatable bonds is 4. The maximum Gasteiger partial charge on any atom is 0.324 e. The minimum absolute atomic E-state index is 0.0822. The van der Waals surface area contributed by atoms with E-state index in [1.165, 1.54) is 4.68 Å². The Morgan fingerprint density at radius 3 is 2.86 bits per heavy atom. The van der Waals surface area contributed by atoms with Gasteiger partial charge in [0.2, 0.25) is 5.91 Å². The first kappa shape index (κ1) is 15.8. The Hall–Kier alpha value is -2.61. The van der Waals surface area contributed by atoms with Gasteiger partial charge in [-0.3, -0.25) is 14.8 Å². The number of aryl methyl sites for hydroxylation is 1. The maximum atomic E-state index is 11.9. The van der Waals surface area contributed by atoms with Crippen molar-refractivity contribution in [2.75, 3.05) is 17.7 Å². The van der Waals surface area contributed by atoms with Crippen LogP contribution in [0.4, 0.5) is 16.3 Å². The monoisotopic (exact) mass is 322 g/mol. The van der Waals surface area contributed by atoms with Crippen LogP contribution in [0.25, 0.3) is 0 Å². The number of anilines is 2. The number of aromatic nitrogens is 3. The van der Waals surface area contributed by atoms with Gasteiger partial charge in [-0.2, -0.15) is 5.10 Å². The molecular formula is C13H15ClN6O2. The summed E-state index contributed by atoms with van der Waals surface area (Å²) in [5, 5.41) is 12.1. The zero-order chi connectivity index (χ0) is 16.1. The molecule has 9 heteroatoms. The molecule has 0 bridgehead atoms. The number of halogens is 1. The van der Waals surface area contributed by atoms with Crippen LogP contribution >= 0.6 is 11.6 Å². The highest BCUT2D eigenvalue weighted by atomic mass is 35.5. The summed E-state index contributed by atoms with van der Waals surface area (Å²) >= 11 is 5.79. The van der Waals surface area contributed by atoms with Gasteiger partial charge in [0.15, 0.2) is 5.82 Å². The van der Waals surface area contributed by atoms with Crippen molar-refractivity contribution in [3.05, 3.63) is 35.2 Å². The summed E-state index contributed by atoms with van der Waals surface area (Å²) in [7, 11) is 1.54. The third-order valence-corrected chi connectivity index (χ3v) is 2.99. The van der Waals surface area contributed by atoms with Gasteiger partial charge in [-0.1, -0.05) is 11.6 Å². The van der Waals surface area contributed by atoms with Gasteiger partial charge in [-0.25, -0.2) is 9.78 Å². The first-order valence-corrected chi connectivity index (χ1v) is 6.80. The van der Waals surface area contributed by atoms with Gasteiger partial charge in [0.05, 0.1) is 0 Å². The Morgan fingerprint density at radius 2 is 2.14 bits per heavy atom. The first-order valence-electron chi connectivity index (χ1n) is 6.42. The predicted molar refractivity (Wildman–Crippen MR) is 82.9 cm³/mol. The molecule has 0 saturated heterocycles. The molecule has 0 atom stereocenters. The zero-order valence-corrected chi connectivity index (χ0v) is 12.8. The fourth-order valence-corrected chi connectivity index (χ4v) is 1.80. The molecule has 8 nitrogen and oxygen atoms in total. The van der Waals surface area contributed by atoms with Crippen molar-refractivity contribution in [3.8, 4) is 0 Å². The topological polar surface area (TPSA) is 101 Å². The standard InChI is InChI=1S/C13H15ClN6O2/c1-8-6-16-10(14)5-9(8)17-13(22)18-11-3-4-20(19-11)7-12(21)15-2/h3-6H,7H2,1-2H3,(H,15,21)(H2,16,17,18,19,22). The quantitative estimate of drug-likeness (QED) is 0.745. The number of nitrogens with one attached hydrogen (secondary N) is 3. The highest BCUT2D eigenvalue weighted by Crippen LogP contribution is 2.17. The molecule has 0 aromatic carbocycles. The average Bonchev–Trinajstić information content (AvgIpc) is 2.89. The highest BCUT2D eigenvalue weighted by Gasteiger charge is 2.09. The molecule has 2 heterocycles. The SMILES string of the molecule is CNC(=O)Cn1ccc(NC(=O)Nc2cc(Cl)ncc2C)n1. The second kappa shape index (κ2) is 6.90. The molecule has 0 radical (unpaired) electrons. The Balaban J connectivity index is 1.97. The molecular weight excluding hydrogens is 308 g/mol. The van der Waals surface area contributed by atoms with Crippen molar-refractivity contribution in [2.45, 2.75) is 13.5 Å². The number of hydrogen-bond donors (Lipinski definition) is 3. The molecule has 3 N–H and O–H groups in total. The van der Waals surface area contributed by atoms with E-state index in [2.05, 4.69) is 26.0 Å². The summed E-state index contributed by atoms with van der Waals surface area (Å²) in [5.41, 5.74) is 1.34. The fourth-order valence-electron chi connectivity index (χ4n) is 1.65. The number of pyridine rings is 1. The van der Waals surface area contributed by atoms with Crippen molar-refractivity contribution in [1.82, 2.24) is 20.1 Å². The number of carbonyl (C=O) groups excluding carboxylic acids is 2. The minimum atomic E-state index is -0.462. The summed E-state index contributed by atoms with van der Waals surface area (Å²) < 4.78 is 1.42. The predicted octanol–water partition coefficient (Wildman–Crippen LogP) is 1.63. The van der Waals surface area contributed by atoms with Gasteiger partial charge >= 0.3 is 6.03 Å². The molecule has 0 saturated carbocycles. The Labute approximate surface area is 131 Å². The summed E-state index contributed by atoms with van der Waals surface area (Å²) in [6.07, 6.45) is 3.16. The van der Waals surface area contributed by atoms with Crippen LogP contribution in [-0.4, -0.2) is 33.8 Å². The third-order valence-electron chi connectivity index (χ3n) is 2.78. The van der Waals surface area contributed by atoms with Gasteiger partial charge < -0.3 is 10.6 Å². The molecule has 116 valence electrons. The van der Waals surface area contributed by atoms with Crippen LogP contribution in [0.1, 0.15) is 5.56 Å². The largest absolute Gasteiger partial charge is 0.358 e. The van der Waals surface area contributed by atoms with E-state index in [0.717, 1.165) is 5.56 Å². The summed E-state index contributed by atoms with van der Waals surface area (Å²) in [6.45, 7) is 1.88. The lowest BCUT2D eigenvalue weighted by atomic mass is 10.2. The van der Waals surface area contributed by atoms with E-state index < -0.39 is 6.03 Å². The Kier molecular flexibility index (Phi) is 4.95. The Morgan fingerprint density at radius 1 is 1.36 bits per heavy atom. The number of hydrogen-bond acceptors (Lipinski definition) is 4. The molecule has 0 spiro atoms. The molecule has 0 aliphatic carbocycles. The van der Waals surface area contributed by atoms with Crippen LogP contribution in [0, 0.1) is 6.92 Å². The van der Waals surface area contributed by atoms with E-state index in [-0.39, 0.29) is 17.6 Å². The van der Waals surface area contributed by atoms with E-state index in [9.17, 15) is 9.59 Å². The molecule has 0 aliphatic rings. The minimum Gasteiger partial charge on any atom is -0.358 e. The van der Waals surface area contributed by atoms with E-state index in [0.29, 0.717) is 11.5 Å². The molecule has 0 fully saturated rings. The van der Waals surface area contributed by atoms with Gasteiger partial charge in [-0.15, -0.1) is 0 Å². The molecule has 22 heavy (non-hydrogen) atoms. The lowest BCUT2D eigenvalue weighted by molar-refractivity contribution is -0.121. The molecule has 0 unspecified atom stereocenters. The summed E-state index contributed by atoms with van der Waals surface area (Å²) in [5.74, 6) is 0.153. The molecule has 2 aromatic heterocycles. The van der Waals surface area contributed by atoms with Crippen LogP contribution in [-0.2, 0) is 11.3 Å². The van der Waals surface area contributed by atoms with Crippen molar-refractivity contribution in [2.24, 2.45) is 0 Å². The van der Waals surface area contributed by atoms with Crippen molar-refractivity contribution < 1.29 is 9.59 Å². The Bertz CT molecular complexity index is 700. The molecule has 3 amide bonds. The second-order valence-electron chi connectivity index (χ2n) is 4.47. The average molecular weight is 323 g/mol. The normalized spacial score (nSPS) is 10.1. The smallest absolute Gasteiger partial charge is 0.324 e. The van der Waals surface area contributed by atoms with Crippen LogP contribution in [0.2, 0.25) is 5.15 Å². The van der Waals surface area contributed by atoms with Crippen molar-refractivity contribution in [3.63, 3.8) is 0 Å². The summed E-state index contributed by atoms with van der Waals surface area (Å²) in [6, 6.07) is 2.69. The number of amides is 3. The van der Waals surface area contributed by atoms with Crippen molar-refractivity contribution >= 4 is 35.0 Å². The highest BCUT2D eigenvalue weighted by molar-refractivity contribution is 6.29. The number of urea groups is 1. The molecule has 0 aliphatic heterocycles. The fraction of sp³-hybridized carbons (Fsp3) is 0.231.